The van der Waals surface area contributed by atoms with Crippen LogP contribution in [0, 0.1) is 0 Å². The van der Waals surface area contributed by atoms with Gasteiger partial charge in [0.15, 0.2) is 5.76 Å². The Balaban J connectivity index is 2.07. The van der Waals surface area contributed by atoms with Crippen molar-refractivity contribution in [2.75, 3.05) is 27.2 Å². The molecular weight excluding hydrogens is 260 g/mol. The molecule has 2 aromatic rings. The monoisotopic (exact) mass is 278 g/mol. The molecule has 0 aliphatic carbocycles. The second-order valence-electron chi connectivity index (χ2n) is 4.64. The topological polar surface area (TPSA) is 36.7 Å². The molecule has 0 radical (unpaired) electrons. The van der Waals surface area contributed by atoms with E-state index in [2.05, 4.69) is 10.3 Å². The van der Waals surface area contributed by atoms with Crippen LogP contribution >= 0.6 is 11.3 Å². The lowest BCUT2D eigenvalue weighted by molar-refractivity contribution is 0.0700. The van der Waals surface area contributed by atoms with E-state index in [1.807, 2.05) is 30.4 Å². The Morgan fingerprint density at radius 3 is 2.74 bits per heavy atom. The van der Waals surface area contributed by atoms with E-state index in [1.54, 1.807) is 23.5 Å². The van der Waals surface area contributed by atoms with Crippen molar-refractivity contribution < 1.29 is 9.21 Å². The SMILES string of the molecule is CN(C)CCN(Cc1ccsc1)C(=O)c1ccco1. The third-order valence-corrected chi connectivity index (χ3v) is 3.52. The molecule has 0 N–H and O–H groups in total. The molecule has 2 heterocycles. The lowest BCUT2D eigenvalue weighted by Gasteiger charge is -2.23. The second-order valence-corrected chi connectivity index (χ2v) is 5.42. The van der Waals surface area contributed by atoms with Gasteiger partial charge in [-0.15, -0.1) is 0 Å². The van der Waals surface area contributed by atoms with Gasteiger partial charge in [-0.1, -0.05) is 0 Å². The highest BCUT2D eigenvalue weighted by atomic mass is 32.1. The fourth-order valence-corrected chi connectivity index (χ4v) is 2.39. The number of thiophene rings is 1. The van der Waals surface area contributed by atoms with Gasteiger partial charge < -0.3 is 14.2 Å². The van der Waals surface area contributed by atoms with Crippen LogP contribution in [0.15, 0.2) is 39.6 Å². The first-order valence-corrected chi connectivity index (χ1v) is 7.09. The number of carbonyl (C=O) groups excluding carboxylic acids is 1. The van der Waals surface area contributed by atoms with Gasteiger partial charge in [-0.25, -0.2) is 0 Å². The minimum absolute atomic E-state index is 0.0574. The molecule has 1 amide bonds. The number of nitrogens with zero attached hydrogens (tertiary/aromatic N) is 2. The molecule has 0 aromatic carbocycles. The van der Waals surface area contributed by atoms with E-state index < -0.39 is 0 Å². The summed E-state index contributed by atoms with van der Waals surface area (Å²) in [5.41, 5.74) is 1.16. The number of hydrogen-bond acceptors (Lipinski definition) is 4. The van der Waals surface area contributed by atoms with Crippen LogP contribution in [0.5, 0.6) is 0 Å². The average molecular weight is 278 g/mol. The summed E-state index contributed by atoms with van der Waals surface area (Å²) < 4.78 is 5.20. The lowest BCUT2D eigenvalue weighted by Crippen LogP contribution is -2.36. The molecule has 0 aliphatic rings. The smallest absolute Gasteiger partial charge is 0.289 e. The molecule has 19 heavy (non-hydrogen) atoms. The molecule has 0 spiro atoms. The number of likely N-dealkylation sites (N-methyl/N-ethyl adjacent to an activating group) is 1. The van der Waals surface area contributed by atoms with Gasteiger partial charge in [0.05, 0.1) is 6.26 Å². The second kappa shape index (κ2) is 6.54. The molecule has 2 rings (SSSR count). The van der Waals surface area contributed by atoms with Gasteiger partial charge in [-0.2, -0.15) is 11.3 Å². The summed E-state index contributed by atoms with van der Waals surface area (Å²) in [5.74, 6) is 0.340. The molecule has 102 valence electrons. The summed E-state index contributed by atoms with van der Waals surface area (Å²) in [4.78, 5) is 16.2. The van der Waals surface area contributed by atoms with Crippen molar-refractivity contribution >= 4 is 17.2 Å². The van der Waals surface area contributed by atoms with Gasteiger partial charge in [0.1, 0.15) is 0 Å². The molecule has 0 aliphatic heterocycles. The maximum absolute atomic E-state index is 12.4. The van der Waals surface area contributed by atoms with Crippen LogP contribution in [-0.2, 0) is 6.54 Å². The minimum atomic E-state index is -0.0574. The fraction of sp³-hybridized carbons (Fsp3) is 0.357. The summed E-state index contributed by atoms with van der Waals surface area (Å²) in [6.07, 6.45) is 1.53. The number of hydrogen-bond donors (Lipinski definition) is 0. The Morgan fingerprint density at radius 2 is 2.16 bits per heavy atom. The van der Waals surface area contributed by atoms with Crippen molar-refractivity contribution in [3.05, 3.63) is 46.5 Å². The number of amides is 1. The van der Waals surface area contributed by atoms with Crippen molar-refractivity contribution in [3.8, 4) is 0 Å². The lowest BCUT2D eigenvalue weighted by atomic mass is 10.3. The van der Waals surface area contributed by atoms with Crippen LogP contribution in [0.1, 0.15) is 16.1 Å². The first-order chi connectivity index (χ1) is 9.16. The van der Waals surface area contributed by atoms with Crippen molar-refractivity contribution in [3.63, 3.8) is 0 Å². The molecule has 0 bridgehead atoms. The van der Waals surface area contributed by atoms with Gasteiger partial charge in [0.25, 0.3) is 5.91 Å². The highest BCUT2D eigenvalue weighted by Crippen LogP contribution is 2.13. The van der Waals surface area contributed by atoms with Crippen LogP contribution < -0.4 is 0 Å². The molecule has 2 aromatic heterocycles. The standard InChI is InChI=1S/C14H18N2O2S/c1-15(2)6-7-16(10-12-5-9-19-11-12)14(17)13-4-3-8-18-13/h3-5,8-9,11H,6-7,10H2,1-2H3. The quantitative estimate of drug-likeness (QED) is 0.815. The van der Waals surface area contributed by atoms with E-state index in [-0.39, 0.29) is 5.91 Å². The summed E-state index contributed by atoms with van der Waals surface area (Å²) in [6.45, 7) is 2.13. The summed E-state index contributed by atoms with van der Waals surface area (Å²) in [7, 11) is 4.00. The third-order valence-electron chi connectivity index (χ3n) is 2.79. The van der Waals surface area contributed by atoms with Crippen molar-refractivity contribution in [1.29, 1.82) is 0 Å². The first-order valence-electron chi connectivity index (χ1n) is 6.15. The van der Waals surface area contributed by atoms with Crippen LogP contribution in [0.2, 0.25) is 0 Å². The van der Waals surface area contributed by atoms with E-state index >= 15 is 0 Å². The summed E-state index contributed by atoms with van der Waals surface area (Å²) in [5, 5.41) is 4.09. The Labute approximate surface area is 117 Å². The number of furan rings is 1. The van der Waals surface area contributed by atoms with Crippen LogP contribution in [0.25, 0.3) is 0 Å². The predicted molar refractivity (Wildman–Crippen MR) is 76.3 cm³/mol. The average Bonchev–Trinajstić information content (AvgIpc) is 3.06. The highest BCUT2D eigenvalue weighted by molar-refractivity contribution is 7.07. The zero-order valence-electron chi connectivity index (χ0n) is 11.2. The summed E-state index contributed by atoms with van der Waals surface area (Å²) in [6, 6.07) is 5.49. The van der Waals surface area contributed by atoms with Crippen molar-refractivity contribution in [2.24, 2.45) is 0 Å². The number of carbonyl (C=O) groups is 1. The zero-order chi connectivity index (χ0) is 13.7. The summed E-state index contributed by atoms with van der Waals surface area (Å²) >= 11 is 1.64. The van der Waals surface area contributed by atoms with Gasteiger partial charge in [0.2, 0.25) is 0 Å². The molecule has 0 saturated heterocycles. The van der Waals surface area contributed by atoms with E-state index in [0.29, 0.717) is 18.8 Å². The molecule has 0 atom stereocenters. The Morgan fingerprint density at radius 1 is 1.32 bits per heavy atom. The van der Waals surface area contributed by atoms with E-state index in [1.165, 1.54) is 6.26 Å². The molecule has 0 fully saturated rings. The van der Waals surface area contributed by atoms with Crippen molar-refractivity contribution in [1.82, 2.24) is 9.80 Å². The Bertz CT molecular complexity index is 492. The number of rotatable bonds is 6. The van der Waals surface area contributed by atoms with Crippen LogP contribution in [-0.4, -0.2) is 42.9 Å². The normalized spacial score (nSPS) is 10.9. The van der Waals surface area contributed by atoms with E-state index in [9.17, 15) is 4.79 Å². The minimum Gasteiger partial charge on any atom is -0.459 e. The largest absolute Gasteiger partial charge is 0.459 e. The molecular formula is C14H18N2O2S. The molecule has 4 nitrogen and oxygen atoms in total. The first kappa shape index (κ1) is 13.8. The van der Waals surface area contributed by atoms with Gasteiger partial charge in [-0.05, 0) is 48.6 Å². The maximum atomic E-state index is 12.4. The Hall–Kier alpha value is -1.59. The zero-order valence-corrected chi connectivity index (χ0v) is 12.0. The van der Waals surface area contributed by atoms with E-state index in [0.717, 1.165) is 12.1 Å². The highest BCUT2D eigenvalue weighted by Gasteiger charge is 2.18. The van der Waals surface area contributed by atoms with Gasteiger partial charge in [0, 0.05) is 19.6 Å². The fourth-order valence-electron chi connectivity index (χ4n) is 1.73. The van der Waals surface area contributed by atoms with Crippen LogP contribution in [0.4, 0.5) is 0 Å². The van der Waals surface area contributed by atoms with E-state index in [4.69, 9.17) is 4.42 Å². The molecule has 0 saturated carbocycles. The molecule has 0 unspecified atom stereocenters. The predicted octanol–water partition coefficient (Wildman–Crippen LogP) is 2.55. The molecule has 5 heteroatoms. The van der Waals surface area contributed by atoms with Gasteiger partial charge >= 0.3 is 0 Å². The van der Waals surface area contributed by atoms with Crippen molar-refractivity contribution in [2.45, 2.75) is 6.54 Å². The van der Waals surface area contributed by atoms with Crippen LogP contribution in [0.3, 0.4) is 0 Å². The van der Waals surface area contributed by atoms with Gasteiger partial charge in [-0.3, -0.25) is 4.79 Å². The third kappa shape index (κ3) is 3.94. The Kier molecular flexibility index (Phi) is 4.76. The maximum Gasteiger partial charge on any atom is 0.289 e.